The first kappa shape index (κ1) is 11.0. The number of aromatic nitrogens is 1. The molecule has 1 rings (SSSR count). The zero-order valence-electron chi connectivity index (χ0n) is 8.63. The minimum atomic E-state index is 0.613. The lowest BCUT2D eigenvalue weighted by Gasteiger charge is -2.11. The fourth-order valence-corrected chi connectivity index (χ4v) is 1.17. The highest BCUT2D eigenvalue weighted by molar-refractivity contribution is 7.80. The minimum absolute atomic E-state index is 0.613. The third-order valence-corrected chi connectivity index (χ3v) is 2.07. The molecule has 0 spiro atoms. The van der Waals surface area contributed by atoms with Crippen LogP contribution in [0.5, 0.6) is 0 Å². The summed E-state index contributed by atoms with van der Waals surface area (Å²) >= 11 is 5.11. The van der Waals surface area contributed by atoms with Crippen molar-refractivity contribution in [3.63, 3.8) is 0 Å². The number of H-pyrrole nitrogens is 1. The molecule has 0 amide bonds. The summed E-state index contributed by atoms with van der Waals surface area (Å²) in [6, 6.07) is 2.03. The molecule has 0 radical (unpaired) electrons. The summed E-state index contributed by atoms with van der Waals surface area (Å²) in [5.41, 5.74) is 1.21. The van der Waals surface area contributed by atoms with Crippen molar-refractivity contribution in [2.45, 2.75) is 20.4 Å². The maximum absolute atomic E-state index is 5.11. The summed E-state index contributed by atoms with van der Waals surface area (Å²) in [6.45, 7) is 6.00. The molecule has 0 aromatic carbocycles. The van der Waals surface area contributed by atoms with Crippen molar-refractivity contribution in [2.24, 2.45) is 5.92 Å². The predicted octanol–water partition coefficient (Wildman–Crippen LogP) is 1.63. The van der Waals surface area contributed by atoms with Gasteiger partial charge in [-0.2, -0.15) is 0 Å². The van der Waals surface area contributed by atoms with Gasteiger partial charge in [0.15, 0.2) is 5.11 Å². The van der Waals surface area contributed by atoms with Crippen LogP contribution in [0.4, 0.5) is 0 Å². The van der Waals surface area contributed by atoms with Gasteiger partial charge in [0, 0.05) is 25.5 Å². The number of hydrogen-bond acceptors (Lipinski definition) is 1. The molecule has 3 nitrogen and oxygen atoms in total. The Hall–Kier alpha value is -1.03. The highest BCUT2D eigenvalue weighted by Gasteiger charge is 1.97. The van der Waals surface area contributed by atoms with Crippen molar-refractivity contribution < 1.29 is 0 Å². The summed E-state index contributed by atoms with van der Waals surface area (Å²) in [7, 11) is 0. The standard InChI is InChI=1S/C10H17N3S/c1-8(2)5-12-10(14)13-7-9-3-4-11-6-9/h3-4,6,8,11H,5,7H2,1-2H3,(H2,12,13,14). The molecule has 1 aromatic rings. The number of aromatic amines is 1. The van der Waals surface area contributed by atoms with Crippen LogP contribution in [-0.4, -0.2) is 16.6 Å². The molecule has 0 unspecified atom stereocenters. The molecule has 1 heterocycles. The van der Waals surface area contributed by atoms with Crippen LogP contribution in [0.3, 0.4) is 0 Å². The van der Waals surface area contributed by atoms with Gasteiger partial charge in [-0.3, -0.25) is 0 Å². The minimum Gasteiger partial charge on any atom is -0.367 e. The monoisotopic (exact) mass is 211 g/mol. The van der Waals surface area contributed by atoms with Gasteiger partial charge in [0.25, 0.3) is 0 Å². The molecule has 0 aliphatic heterocycles. The van der Waals surface area contributed by atoms with Gasteiger partial charge in [-0.1, -0.05) is 13.8 Å². The third kappa shape index (κ3) is 4.28. The Morgan fingerprint density at radius 3 is 2.86 bits per heavy atom. The molecular weight excluding hydrogens is 194 g/mol. The molecule has 14 heavy (non-hydrogen) atoms. The topological polar surface area (TPSA) is 39.8 Å². The lowest BCUT2D eigenvalue weighted by atomic mass is 10.2. The van der Waals surface area contributed by atoms with E-state index in [4.69, 9.17) is 12.2 Å². The molecule has 0 aliphatic rings. The largest absolute Gasteiger partial charge is 0.367 e. The Bertz CT molecular complexity index is 267. The number of hydrogen-bond donors (Lipinski definition) is 3. The van der Waals surface area contributed by atoms with E-state index in [9.17, 15) is 0 Å². The Kier molecular flexibility index (Phi) is 4.46. The predicted molar refractivity (Wildman–Crippen MR) is 63.1 cm³/mol. The molecular formula is C10H17N3S. The van der Waals surface area contributed by atoms with Crippen molar-refractivity contribution in [3.05, 3.63) is 24.0 Å². The van der Waals surface area contributed by atoms with E-state index in [-0.39, 0.29) is 0 Å². The highest BCUT2D eigenvalue weighted by Crippen LogP contribution is 1.94. The van der Waals surface area contributed by atoms with Gasteiger partial charge in [0.2, 0.25) is 0 Å². The number of rotatable bonds is 4. The first-order chi connectivity index (χ1) is 6.68. The van der Waals surface area contributed by atoms with Crippen molar-refractivity contribution >= 4 is 17.3 Å². The average Bonchev–Trinajstić information content (AvgIpc) is 2.63. The quantitative estimate of drug-likeness (QED) is 0.663. The van der Waals surface area contributed by atoms with Crippen LogP contribution >= 0.6 is 12.2 Å². The van der Waals surface area contributed by atoms with Crippen LogP contribution in [0.1, 0.15) is 19.4 Å². The van der Waals surface area contributed by atoms with Gasteiger partial charge in [-0.05, 0) is 29.8 Å². The Balaban J connectivity index is 2.15. The van der Waals surface area contributed by atoms with Gasteiger partial charge in [-0.25, -0.2) is 0 Å². The van der Waals surface area contributed by atoms with E-state index < -0.39 is 0 Å². The third-order valence-electron chi connectivity index (χ3n) is 1.79. The van der Waals surface area contributed by atoms with Crippen molar-refractivity contribution in [1.29, 1.82) is 0 Å². The second-order valence-corrected chi connectivity index (χ2v) is 4.08. The van der Waals surface area contributed by atoms with E-state index in [1.807, 2.05) is 18.5 Å². The molecule has 0 atom stereocenters. The molecule has 0 saturated heterocycles. The van der Waals surface area contributed by atoms with Crippen LogP contribution in [0.25, 0.3) is 0 Å². The summed E-state index contributed by atoms with van der Waals surface area (Å²) in [5.74, 6) is 0.613. The molecule has 3 N–H and O–H groups in total. The van der Waals surface area contributed by atoms with Crippen LogP contribution < -0.4 is 10.6 Å². The SMILES string of the molecule is CC(C)CNC(=S)NCc1cc[nH]c1. The van der Waals surface area contributed by atoms with Crippen molar-refractivity contribution in [2.75, 3.05) is 6.54 Å². The molecule has 0 saturated carbocycles. The van der Waals surface area contributed by atoms with Crippen molar-refractivity contribution in [1.82, 2.24) is 15.6 Å². The molecule has 0 bridgehead atoms. The average molecular weight is 211 g/mol. The molecule has 0 aliphatic carbocycles. The van der Waals surface area contributed by atoms with Crippen molar-refractivity contribution in [3.8, 4) is 0 Å². The Morgan fingerprint density at radius 1 is 1.50 bits per heavy atom. The van der Waals surface area contributed by atoms with E-state index >= 15 is 0 Å². The van der Waals surface area contributed by atoms with Crippen LogP contribution in [-0.2, 0) is 6.54 Å². The van der Waals surface area contributed by atoms with Gasteiger partial charge in [0.1, 0.15) is 0 Å². The van der Waals surface area contributed by atoms with Crippen LogP contribution in [0.2, 0.25) is 0 Å². The van der Waals surface area contributed by atoms with Crippen LogP contribution in [0, 0.1) is 5.92 Å². The molecule has 4 heteroatoms. The van der Waals surface area contributed by atoms with E-state index in [2.05, 4.69) is 29.5 Å². The first-order valence-electron chi connectivity index (χ1n) is 4.82. The normalized spacial score (nSPS) is 10.2. The fourth-order valence-electron chi connectivity index (χ4n) is 1.01. The number of nitrogens with one attached hydrogen (secondary N) is 3. The molecule has 0 fully saturated rings. The fraction of sp³-hybridized carbons (Fsp3) is 0.500. The second-order valence-electron chi connectivity index (χ2n) is 3.68. The smallest absolute Gasteiger partial charge is 0.166 e. The van der Waals surface area contributed by atoms with Gasteiger partial charge in [0.05, 0.1) is 0 Å². The van der Waals surface area contributed by atoms with Gasteiger partial charge in [-0.15, -0.1) is 0 Å². The highest BCUT2D eigenvalue weighted by atomic mass is 32.1. The van der Waals surface area contributed by atoms with Crippen LogP contribution in [0.15, 0.2) is 18.5 Å². The van der Waals surface area contributed by atoms with E-state index in [1.165, 1.54) is 5.56 Å². The number of thiocarbonyl (C=S) groups is 1. The molecule has 78 valence electrons. The Labute approximate surface area is 90.3 Å². The van der Waals surface area contributed by atoms with Gasteiger partial charge >= 0.3 is 0 Å². The summed E-state index contributed by atoms with van der Waals surface area (Å²) in [4.78, 5) is 3.00. The summed E-state index contributed by atoms with van der Waals surface area (Å²) < 4.78 is 0. The zero-order chi connectivity index (χ0) is 10.4. The second kappa shape index (κ2) is 5.65. The summed E-state index contributed by atoms with van der Waals surface area (Å²) in [5, 5.41) is 7.02. The Morgan fingerprint density at radius 2 is 2.29 bits per heavy atom. The lowest BCUT2D eigenvalue weighted by Crippen LogP contribution is -2.36. The lowest BCUT2D eigenvalue weighted by molar-refractivity contribution is 0.619. The summed E-state index contributed by atoms with van der Waals surface area (Å²) in [6.07, 6.45) is 3.86. The molecule has 1 aromatic heterocycles. The zero-order valence-corrected chi connectivity index (χ0v) is 9.45. The van der Waals surface area contributed by atoms with E-state index in [0.717, 1.165) is 18.2 Å². The van der Waals surface area contributed by atoms with E-state index in [1.54, 1.807) is 0 Å². The van der Waals surface area contributed by atoms with Gasteiger partial charge < -0.3 is 15.6 Å². The maximum atomic E-state index is 5.11. The maximum Gasteiger partial charge on any atom is 0.166 e. The first-order valence-corrected chi connectivity index (χ1v) is 5.22. The van der Waals surface area contributed by atoms with E-state index in [0.29, 0.717) is 5.92 Å².